The highest BCUT2D eigenvalue weighted by atomic mass is 35.5. The van der Waals surface area contributed by atoms with Crippen molar-refractivity contribution in [2.45, 2.75) is 17.7 Å². The monoisotopic (exact) mass is 491 g/mol. The zero-order valence-electron chi connectivity index (χ0n) is 16.6. The first-order valence-electron chi connectivity index (χ1n) is 9.45. The number of hydrazine groups is 1. The molecule has 0 aromatic heterocycles. The summed E-state index contributed by atoms with van der Waals surface area (Å²) in [6.45, 7) is 0. The Kier molecular flexibility index (Phi) is 7.74. The van der Waals surface area contributed by atoms with Gasteiger partial charge >= 0.3 is 0 Å². The molecule has 3 rings (SSSR count). The van der Waals surface area contributed by atoms with E-state index in [1.807, 2.05) is 12.1 Å². The van der Waals surface area contributed by atoms with E-state index in [1.165, 1.54) is 30.3 Å². The average Bonchev–Trinajstić information content (AvgIpc) is 2.78. The lowest BCUT2D eigenvalue weighted by Gasteiger charge is -2.11. The Labute approximate surface area is 195 Å². The van der Waals surface area contributed by atoms with Crippen LogP contribution in [0.25, 0.3) is 0 Å². The molecule has 0 spiro atoms. The van der Waals surface area contributed by atoms with Gasteiger partial charge in [-0.15, -0.1) is 0 Å². The van der Waals surface area contributed by atoms with Gasteiger partial charge in [0, 0.05) is 17.0 Å². The molecule has 0 bridgehead atoms. The number of aryl methyl sites for hydroxylation is 1. The van der Waals surface area contributed by atoms with Crippen molar-refractivity contribution in [1.29, 1.82) is 0 Å². The van der Waals surface area contributed by atoms with Crippen LogP contribution in [0.4, 0.5) is 5.69 Å². The summed E-state index contributed by atoms with van der Waals surface area (Å²) in [6, 6.07) is 18.9. The maximum Gasteiger partial charge on any atom is 0.269 e. The molecule has 0 fully saturated rings. The number of anilines is 1. The molecular formula is C22H19Cl2N3O4S. The maximum atomic E-state index is 12.7. The second-order valence-corrected chi connectivity index (χ2v) is 9.27. The summed E-state index contributed by atoms with van der Waals surface area (Å²) in [5.74, 6) is -1.04. The van der Waals surface area contributed by atoms with Crippen molar-refractivity contribution in [2.24, 2.45) is 0 Å². The Hall–Kier alpha value is -3.07. The molecule has 0 heterocycles. The molecular weight excluding hydrogens is 473 g/mol. The molecule has 0 aliphatic carbocycles. The Morgan fingerprint density at radius 3 is 2.28 bits per heavy atom. The van der Waals surface area contributed by atoms with Crippen molar-refractivity contribution in [3.05, 3.63) is 94.0 Å². The largest absolute Gasteiger partial charge is 0.278 e. The van der Waals surface area contributed by atoms with Gasteiger partial charge in [0.15, 0.2) is 0 Å². The molecule has 0 atom stereocenters. The van der Waals surface area contributed by atoms with Gasteiger partial charge in [-0.1, -0.05) is 53.5 Å². The third kappa shape index (κ3) is 6.46. The number of amides is 2. The third-order valence-corrected chi connectivity index (χ3v) is 6.34. The van der Waals surface area contributed by atoms with Crippen LogP contribution in [0.2, 0.25) is 10.0 Å². The van der Waals surface area contributed by atoms with Crippen molar-refractivity contribution >= 4 is 50.7 Å². The van der Waals surface area contributed by atoms with E-state index in [4.69, 9.17) is 23.2 Å². The van der Waals surface area contributed by atoms with Crippen molar-refractivity contribution in [1.82, 2.24) is 10.9 Å². The summed E-state index contributed by atoms with van der Waals surface area (Å²) >= 11 is 11.8. The Bertz CT molecular complexity index is 1230. The first kappa shape index (κ1) is 23.6. The van der Waals surface area contributed by atoms with Crippen LogP contribution in [0.1, 0.15) is 22.3 Å². The van der Waals surface area contributed by atoms with Gasteiger partial charge in [0.25, 0.3) is 15.9 Å². The number of halogens is 2. The molecule has 0 aliphatic heterocycles. The maximum absolute atomic E-state index is 12.7. The summed E-state index contributed by atoms with van der Waals surface area (Å²) in [5, 5.41) is 0.850. The molecule has 32 heavy (non-hydrogen) atoms. The Morgan fingerprint density at radius 2 is 1.56 bits per heavy atom. The molecule has 3 N–H and O–H groups in total. The Morgan fingerprint density at radius 1 is 0.844 bits per heavy atom. The molecule has 2 amide bonds. The fraction of sp³-hybridized carbons (Fsp3) is 0.0909. The van der Waals surface area contributed by atoms with Gasteiger partial charge in [0.2, 0.25) is 5.91 Å². The number of carbonyl (C=O) groups excluding carboxylic acids is 2. The van der Waals surface area contributed by atoms with Crippen LogP contribution < -0.4 is 15.6 Å². The lowest BCUT2D eigenvalue weighted by molar-refractivity contribution is -0.121. The van der Waals surface area contributed by atoms with E-state index < -0.39 is 21.8 Å². The summed E-state index contributed by atoms with van der Waals surface area (Å²) in [4.78, 5) is 24.3. The topological polar surface area (TPSA) is 104 Å². The quantitative estimate of drug-likeness (QED) is 0.431. The second kappa shape index (κ2) is 10.5. The Balaban J connectivity index is 1.59. The van der Waals surface area contributed by atoms with E-state index in [0.29, 0.717) is 11.4 Å². The SMILES string of the molecule is O=C(CCc1ccc(Cl)cc1)NNC(=O)c1cccc(S(=O)(=O)Nc2ccccc2Cl)c1. The van der Waals surface area contributed by atoms with E-state index in [0.717, 1.165) is 5.56 Å². The van der Waals surface area contributed by atoms with Gasteiger partial charge in [-0.2, -0.15) is 0 Å². The smallest absolute Gasteiger partial charge is 0.269 e. The molecule has 0 saturated carbocycles. The van der Waals surface area contributed by atoms with Crippen molar-refractivity contribution in [2.75, 3.05) is 4.72 Å². The third-order valence-electron chi connectivity index (χ3n) is 4.39. The first-order valence-corrected chi connectivity index (χ1v) is 11.7. The predicted molar refractivity (Wildman–Crippen MR) is 124 cm³/mol. The van der Waals surface area contributed by atoms with Crippen molar-refractivity contribution < 1.29 is 18.0 Å². The number of nitrogens with one attached hydrogen (secondary N) is 3. The number of hydrogen-bond acceptors (Lipinski definition) is 4. The number of carbonyl (C=O) groups is 2. The van der Waals surface area contributed by atoms with Gasteiger partial charge in [0.1, 0.15) is 0 Å². The van der Waals surface area contributed by atoms with Gasteiger partial charge in [-0.05, 0) is 54.4 Å². The summed E-state index contributed by atoms with van der Waals surface area (Å²) < 4.78 is 27.7. The highest BCUT2D eigenvalue weighted by molar-refractivity contribution is 7.92. The minimum Gasteiger partial charge on any atom is -0.278 e. The van der Waals surface area contributed by atoms with Crippen molar-refractivity contribution in [3.63, 3.8) is 0 Å². The number of hydrogen-bond donors (Lipinski definition) is 3. The van der Waals surface area contributed by atoms with Crippen LogP contribution >= 0.6 is 23.2 Å². The summed E-state index contributed by atoms with van der Waals surface area (Å²) in [6.07, 6.45) is 0.623. The van der Waals surface area contributed by atoms with E-state index in [9.17, 15) is 18.0 Å². The second-order valence-electron chi connectivity index (χ2n) is 6.74. The molecule has 0 radical (unpaired) electrons. The number of sulfonamides is 1. The van der Waals surface area contributed by atoms with Crippen molar-refractivity contribution in [3.8, 4) is 0 Å². The first-order chi connectivity index (χ1) is 15.2. The number of benzene rings is 3. The van der Waals surface area contributed by atoms with E-state index >= 15 is 0 Å². The molecule has 0 aliphatic rings. The lowest BCUT2D eigenvalue weighted by atomic mass is 10.1. The fourth-order valence-electron chi connectivity index (χ4n) is 2.72. The number of rotatable bonds is 7. The van der Waals surface area contributed by atoms with Crippen LogP contribution in [0.3, 0.4) is 0 Å². The predicted octanol–water partition coefficient (Wildman–Crippen LogP) is 4.19. The number of para-hydroxylation sites is 1. The summed E-state index contributed by atoms with van der Waals surface area (Å²) in [7, 11) is -3.98. The van der Waals surface area contributed by atoms with Gasteiger partial charge in [-0.3, -0.25) is 25.2 Å². The van der Waals surface area contributed by atoms with Gasteiger partial charge in [0.05, 0.1) is 15.6 Å². The average molecular weight is 492 g/mol. The molecule has 166 valence electrons. The van der Waals surface area contributed by atoms with Crippen LogP contribution in [0.5, 0.6) is 0 Å². The van der Waals surface area contributed by atoms with E-state index in [2.05, 4.69) is 15.6 Å². The lowest BCUT2D eigenvalue weighted by Crippen LogP contribution is -2.41. The van der Waals surface area contributed by atoms with Crippen LogP contribution in [-0.4, -0.2) is 20.2 Å². The minimum atomic E-state index is -3.98. The normalized spacial score (nSPS) is 10.9. The summed E-state index contributed by atoms with van der Waals surface area (Å²) in [5.41, 5.74) is 5.82. The van der Waals surface area contributed by atoms with E-state index in [1.54, 1.807) is 30.3 Å². The van der Waals surface area contributed by atoms with Crippen LogP contribution in [0.15, 0.2) is 77.7 Å². The van der Waals surface area contributed by atoms with E-state index in [-0.39, 0.29) is 27.6 Å². The van der Waals surface area contributed by atoms with Crippen LogP contribution in [-0.2, 0) is 21.2 Å². The molecule has 10 heteroatoms. The molecule has 3 aromatic rings. The fourth-order valence-corrected chi connectivity index (χ4v) is 4.21. The molecule has 7 nitrogen and oxygen atoms in total. The zero-order chi connectivity index (χ0) is 23.1. The zero-order valence-corrected chi connectivity index (χ0v) is 19.0. The molecule has 3 aromatic carbocycles. The highest BCUT2D eigenvalue weighted by Crippen LogP contribution is 2.24. The highest BCUT2D eigenvalue weighted by Gasteiger charge is 2.18. The van der Waals surface area contributed by atoms with Crippen LogP contribution in [0, 0.1) is 0 Å². The molecule has 0 unspecified atom stereocenters. The van der Waals surface area contributed by atoms with Gasteiger partial charge < -0.3 is 0 Å². The standard InChI is InChI=1S/C22H19Cl2N3O4S/c23-17-11-8-15(9-12-17)10-13-21(28)25-26-22(29)16-4-3-5-18(14-16)32(30,31)27-20-7-2-1-6-19(20)24/h1-9,11-12,14,27H,10,13H2,(H,25,28)(H,26,29). The molecule has 0 saturated heterocycles. The minimum absolute atomic E-state index is 0.0602. The van der Waals surface area contributed by atoms with Gasteiger partial charge in [-0.25, -0.2) is 8.42 Å².